The molecule has 0 amide bonds. The Balaban J connectivity index is 2.98. The minimum absolute atomic E-state index is 0.00336. The Morgan fingerprint density at radius 1 is 0.680 bits per heavy atom. The molecular weight excluding hydrogens is 332 g/mol. The number of carboxylic acids is 1. The number of methoxy groups -OCH3 is 3. The Morgan fingerprint density at radius 3 is 1.48 bits per heavy atom. The summed E-state index contributed by atoms with van der Waals surface area (Å²) in [5.74, 6) is -3.63. The average Bonchev–Trinajstić information content (AvgIpc) is 2.63. The van der Waals surface area contributed by atoms with Crippen molar-refractivity contribution in [2.75, 3.05) is 21.3 Å². The van der Waals surface area contributed by atoms with E-state index in [-0.39, 0.29) is 33.0 Å². The van der Waals surface area contributed by atoms with E-state index in [1.165, 1.54) is 25.3 Å². The van der Waals surface area contributed by atoms with E-state index in [9.17, 15) is 24.3 Å². The van der Waals surface area contributed by atoms with E-state index < -0.39 is 23.9 Å². The lowest BCUT2D eigenvalue weighted by atomic mass is 9.94. The molecule has 0 atom stereocenters. The summed E-state index contributed by atoms with van der Waals surface area (Å²) in [5, 5.41) is 9.55. The monoisotopic (exact) mass is 346 g/mol. The van der Waals surface area contributed by atoms with Gasteiger partial charge in [0.15, 0.2) is 0 Å². The summed E-state index contributed by atoms with van der Waals surface area (Å²) in [7, 11) is 3.44. The first-order chi connectivity index (χ1) is 11.8. The molecule has 1 N–H and O–H groups in total. The molecule has 8 heteroatoms. The standard InChI is InChI=1S/C17H14O8/c1-23-15(20)9-6-11-10(13(7-9)17(22)25-3)4-8(14(18)19)5-12(11)16(21)24-2/h4-7H,1-3H3,(H,18,19). The van der Waals surface area contributed by atoms with Crippen molar-refractivity contribution >= 4 is 34.6 Å². The number of carbonyl (C=O) groups is 4. The van der Waals surface area contributed by atoms with Gasteiger partial charge in [0.2, 0.25) is 0 Å². The zero-order valence-corrected chi connectivity index (χ0v) is 13.6. The van der Waals surface area contributed by atoms with Gasteiger partial charge in [0, 0.05) is 0 Å². The second-order valence-corrected chi connectivity index (χ2v) is 4.92. The minimum atomic E-state index is -1.29. The fraction of sp³-hybridized carbons (Fsp3) is 0.176. The molecule has 0 bridgehead atoms. The van der Waals surface area contributed by atoms with E-state index in [4.69, 9.17) is 0 Å². The third-order valence-corrected chi connectivity index (χ3v) is 3.55. The fourth-order valence-corrected chi connectivity index (χ4v) is 2.38. The van der Waals surface area contributed by atoms with E-state index in [1.54, 1.807) is 0 Å². The lowest BCUT2D eigenvalue weighted by molar-refractivity contribution is 0.0585. The molecule has 0 radical (unpaired) electrons. The van der Waals surface area contributed by atoms with Crippen LogP contribution < -0.4 is 0 Å². The number of benzene rings is 2. The molecule has 130 valence electrons. The summed E-state index contributed by atoms with van der Waals surface area (Å²) in [6.07, 6.45) is 0. The van der Waals surface area contributed by atoms with Gasteiger partial charge in [0.1, 0.15) is 0 Å². The van der Waals surface area contributed by atoms with Crippen LogP contribution >= 0.6 is 0 Å². The lowest BCUT2D eigenvalue weighted by Crippen LogP contribution is -2.11. The highest BCUT2D eigenvalue weighted by atomic mass is 16.5. The molecule has 0 saturated carbocycles. The van der Waals surface area contributed by atoms with Gasteiger partial charge in [-0.1, -0.05) is 0 Å². The van der Waals surface area contributed by atoms with E-state index in [1.807, 2.05) is 0 Å². The number of carbonyl (C=O) groups excluding carboxylic acids is 3. The maximum Gasteiger partial charge on any atom is 0.338 e. The summed E-state index contributed by atoms with van der Waals surface area (Å²) < 4.78 is 14.0. The average molecular weight is 346 g/mol. The van der Waals surface area contributed by atoms with Crippen LogP contribution in [-0.2, 0) is 14.2 Å². The molecule has 25 heavy (non-hydrogen) atoms. The second kappa shape index (κ2) is 7.00. The Hall–Kier alpha value is -3.42. The first-order valence-corrected chi connectivity index (χ1v) is 6.94. The number of aromatic carboxylic acids is 1. The van der Waals surface area contributed by atoms with Crippen molar-refractivity contribution in [1.29, 1.82) is 0 Å². The Bertz CT molecular complexity index is 897. The van der Waals surface area contributed by atoms with Gasteiger partial charge in [-0.15, -0.1) is 0 Å². The van der Waals surface area contributed by atoms with E-state index >= 15 is 0 Å². The van der Waals surface area contributed by atoms with Crippen LogP contribution in [0.15, 0.2) is 24.3 Å². The van der Waals surface area contributed by atoms with Gasteiger partial charge in [-0.05, 0) is 35.0 Å². The molecule has 0 heterocycles. The van der Waals surface area contributed by atoms with Crippen LogP contribution in [0.5, 0.6) is 0 Å². The van der Waals surface area contributed by atoms with Crippen molar-refractivity contribution in [3.8, 4) is 0 Å². The van der Waals surface area contributed by atoms with Crippen molar-refractivity contribution in [3.05, 3.63) is 46.5 Å². The molecule has 0 unspecified atom stereocenters. The highest BCUT2D eigenvalue weighted by molar-refractivity contribution is 6.15. The summed E-state index contributed by atoms with van der Waals surface area (Å²) in [4.78, 5) is 47.3. The van der Waals surface area contributed by atoms with E-state index in [2.05, 4.69) is 14.2 Å². The van der Waals surface area contributed by atoms with Gasteiger partial charge in [-0.2, -0.15) is 0 Å². The van der Waals surface area contributed by atoms with E-state index in [0.29, 0.717) is 0 Å². The molecule has 8 nitrogen and oxygen atoms in total. The molecule has 0 fully saturated rings. The zero-order valence-electron chi connectivity index (χ0n) is 13.6. The largest absolute Gasteiger partial charge is 0.478 e. The maximum atomic E-state index is 12.1. The van der Waals surface area contributed by atoms with Gasteiger partial charge in [0.05, 0.1) is 43.6 Å². The highest BCUT2D eigenvalue weighted by Crippen LogP contribution is 2.28. The van der Waals surface area contributed by atoms with Gasteiger partial charge >= 0.3 is 23.9 Å². The van der Waals surface area contributed by atoms with Gasteiger partial charge < -0.3 is 19.3 Å². The van der Waals surface area contributed by atoms with Crippen LogP contribution in [0.25, 0.3) is 10.8 Å². The highest BCUT2D eigenvalue weighted by Gasteiger charge is 2.22. The molecule has 2 aromatic carbocycles. The first-order valence-electron chi connectivity index (χ1n) is 6.94. The summed E-state index contributed by atoms with van der Waals surface area (Å²) in [6, 6.07) is 4.87. The van der Waals surface area contributed by atoms with Crippen LogP contribution in [-0.4, -0.2) is 50.3 Å². The van der Waals surface area contributed by atoms with E-state index in [0.717, 1.165) is 20.3 Å². The molecule has 2 aromatic rings. The fourth-order valence-electron chi connectivity index (χ4n) is 2.38. The summed E-state index contributed by atoms with van der Waals surface area (Å²) in [5.41, 5.74) is -0.394. The normalized spacial score (nSPS) is 10.2. The van der Waals surface area contributed by atoms with Crippen LogP contribution in [0.3, 0.4) is 0 Å². The van der Waals surface area contributed by atoms with Crippen molar-refractivity contribution in [2.45, 2.75) is 0 Å². The maximum absolute atomic E-state index is 12.1. The number of carboxylic acid groups (broad SMARTS) is 1. The molecule has 0 spiro atoms. The van der Waals surface area contributed by atoms with Crippen LogP contribution in [0, 0.1) is 0 Å². The van der Waals surface area contributed by atoms with Gasteiger partial charge in [-0.25, -0.2) is 19.2 Å². The minimum Gasteiger partial charge on any atom is -0.478 e. The molecule has 0 saturated heterocycles. The van der Waals surface area contributed by atoms with Crippen LogP contribution in [0.1, 0.15) is 41.4 Å². The number of ether oxygens (including phenoxy) is 3. The summed E-state index contributed by atoms with van der Waals surface area (Å²) in [6.45, 7) is 0. The third kappa shape index (κ3) is 3.27. The summed E-state index contributed by atoms with van der Waals surface area (Å²) >= 11 is 0. The number of esters is 3. The Labute approximate surface area is 141 Å². The molecule has 2 rings (SSSR count). The number of hydrogen-bond acceptors (Lipinski definition) is 7. The predicted octanol–water partition coefficient (Wildman–Crippen LogP) is 1.90. The SMILES string of the molecule is COC(=O)c1cc(C(=O)OC)c2cc(C(=O)O)cc(C(=O)OC)c2c1. The van der Waals surface area contributed by atoms with Gasteiger partial charge in [-0.3, -0.25) is 0 Å². The molecule has 0 aromatic heterocycles. The number of hydrogen-bond donors (Lipinski definition) is 1. The van der Waals surface area contributed by atoms with Crippen molar-refractivity contribution in [1.82, 2.24) is 0 Å². The van der Waals surface area contributed by atoms with Crippen LogP contribution in [0.2, 0.25) is 0 Å². The van der Waals surface area contributed by atoms with Crippen molar-refractivity contribution < 1.29 is 38.5 Å². The topological polar surface area (TPSA) is 116 Å². The quantitative estimate of drug-likeness (QED) is 0.659. The Morgan fingerprint density at radius 2 is 1.08 bits per heavy atom. The molecule has 0 aliphatic rings. The van der Waals surface area contributed by atoms with Crippen LogP contribution in [0.4, 0.5) is 0 Å². The zero-order chi connectivity index (χ0) is 18.7. The smallest absolute Gasteiger partial charge is 0.338 e. The Kier molecular flexibility index (Phi) is 5.02. The van der Waals surface area contributed by atoms with Crippen molar-refractivity contribution in [3.63, 3.8) is 0 Å². The van der Waals surface area contributed by atoms with Gasteiger partial charge in [0.25, 0.3) is 0 Å². The van der Waals surface area contributed by atoms with Crippen molar-refractivity contribution in [2.24, 2.45) is 0 Å². The second-order valence-electron chi connectivity index (χ2n) is 4.92. The number of fused-ring (bicyclic) bond motifs is 1. The lowest BCUT2D eigenvalue weighted by Gasteiger charge is -2.12. The number of rotatable bonds is 4. The predicted molar refractivity (Wildman–Crippen MR) is 84.9 cm³/mol. The molecular formula is C17H14O8. The molecule has 0 aliphatic heterocycles. The first kappa shape index (κ1) is 17.9. The third-order valence-electron chi connectivity index (χ3n) is 3.55. The molecule has 0 aliphatic carbocycles.